The molecule has 0 heterocycles. The molecule has 1 unspecified atom stereocenters. The SMILES string of the molecule is COC(=O)C(Nc1cccc(Br)c1)c1ccccc1Br. The summed E-state index contributed by atoms with van der Waals surface area (Å²) in [6, 6.07) is 14.6. The topological polar surface area (TPSA) is 38.3 Å². The first kappa shape index (κ1) is 15.1. The first-order chi connectivity index (χ1) is 9.61. The number of anilines is 1. The molecule has 1 N–H and O–H groups in total. The van der Waals surface area contributed by atoms with Crippen LogP contribution in [0.5, 0.6) is 0 Å². The molecular formula is C15H13Br2NO2. The molecule has 3 nitrogen and oxygen atoms in total. The van der Waals surface area contributed by atoms with Gasteiger partial charge in [-0.25, -0.2) is 4.79 Å². The predicted molar refractivity (Wildman–Crippen MR) is 86.7 cm³/mol. The van der Waals surface area contributed by atoms with Crippen LogP contribution in [0.4, 0.5) is 5.69 Å². The van der Waals surface area contributed by atoms with Gasteiger partial charge >= 0.3 is 5.97 Å². The molecule has 1 atom stereocenters. The van der Waals surface area contributed by atoms with Crippen LogP contribution >= 0.6 is 31.9 Å². The minimum absolute atomic E-state index is 0.336. The number of ether oxygens (including phenoxy) is 1. The average molecular weight is 399 g/mol. The number of hydrogen-bond acceptors (Lipinski definition) is 3. The molecule has 0 amide bonds. The Morgan fingerprint density at radius 2 is 1.90 bits per heavy atom. The Morgan fingerprint density at radius 3 is 2.55 bits per heavy atom. The van der Waals surface area contributed by atoms with E-state index in [9.17, 15) is 4.79 Å². The molecule has 0 fully saturated rings. The molecule has 0 saturated carbocycles. The second-order valence-corrected chi connectivity index (χ2v) is 5.90. The van der Waals surface area contributed by atoms with Gasteiger partial charge in [-0.15, -0.1) is 0 Å². The third-order valence-electron chi connectivity index (χ3n) is 2.79. The van der Waals surface area contributed by atoms with E-state index in [2.05, 4.69) is 37.2 Å². The van der Waals surface area contributed by atoms with E-state index >= 15 is 0 Å². The van der Waals surface area contributed by atoms with E-state index in [-0.39, 0.29) is 5.97 Å². The van der Waals surface area contributed by atoms with Gasteiger partial charge in [0.15, 0.2) is 6.04 Å². The van der Waals surface area contributed by atoms with Crippen LogP contribution in [0.25, 0.3) is 0 Å². The van der Waals surface area contributed by atoms with Gasteiger partial charge in [0.05, 0.1) is 7.11 Å². The van der Waals surface area contributed by atoms with Gasteiger partial charge in [-0.05, 0) is 29.8 Å². The Hall–Kier alpha value is -1.33. The normalized spacial score (nSPS) is 11.8. The lowest BCUT2D eigenvalue weighted by Crippen LogP contribution is -2.22. The molecule has 0 aromatic heterocycles. The van der Waals surface area contributed by atoms with Crippen molar-refractivity contribution in [3.05, 3.63) is 63.0 Å². The summed E-state index contributed by atoms with van der Waals surface area (Å²) >= 11 is 6.88. The Balaban J connectivity index is 2.34. The highest BCUT2D eigenvalue weighted by Gasteiger charge is 2.23. The monoisotopic (exact) mass is 397 g/mol. The number of hydrogen-bond donors (Lipinski definition) is 1. The van der Waals surface area contributed by atoms with Crippen LogP contribution in [-0.4, -0.2) is 13.1 Å². The largest absolute Gasteiger partial charge is 0.467 e. The fourth-order valence-electron chi connectivity index (χ4n) is 1.84. The third kappa shape index (κ3) is 3.61. The molecule has 0 spiro atoms. The van der Waals surface area contributed by atoms with Gasteiger partial charge in [0.1, 0.15) is 0 Å². The molecule has 0 bridgehead atoms. The highest BCUT2D eigenvalue weighted by atomic mass is 79.9. The van der Waals surface area contributed by atoms with E-state index in [1.807, 2.05) is 48.5 Å². The molecule has 2 aromatic rings. The molecule has 5 heteroatoms. The number of esters is 1. The van der Waals surface area contributed by atoms with Gasteiger partial charge in [-0.1, -0.05) is 56.1 Å². The third-order valence-corrected chi connectivity index (χ3v) is 4.00. The lowest BCUT2D eigenvalue weighted by atomic mass is 10.1. The molecule has 104 valence electrons. The fraction of sp³-hybridized carbons (Fsp3) is 0.133. The lowest BCUT2D eigenvalue weighted by molar-refractivity contribution is -0.141. The van der Waals surface area contributed by atoms with Crippen molar-refractivity contribution in [2.45, 2.75) is 6.04 Å². The summed E-state index contributed by atoms with van der Waals surface area (Å²) in [5, 5.41) is 3.19. The van der Waals surface area contributed by atoms with Crippen molar-refractivity contribution < 1.29 is 9.53 Å². The summed E-state index contributed by atoms with van der Waals surface area (Å²) in [7, 11) is 1.38. The first-order valence-corrected chi connectivity index (χ1v) is 7.55. The zero-order valence-electron chi connectivity index (χ0n) is 10.8. The van der Waals surface area contributed by atoms with Crippen LogP contribution in [-0.2, 0) is 9.53 Å². The molecule has 0 aliphatic heterocycles. The average Bonchev–Trinajstić information content (AvgIpc) is 2.45. The van der Waals surface area contributed by atoms with Crippen molar-refractivity contribution >= 4 is 43.5 Å². The van der Waals surface area contributed by atoms with Crippen LogP contribution in [0.2, 0.25) is 0 Å². The highest BCUT2D eigenvalue weighted by molar-refractivity contribution is 9.10. The van der Waals surface area contributed by atoms with Gasteiger partial charge in [0.2, 0.25) is 0 Å². The van der Waals surface area contributed by atoms with Gasteiger partial charge in [-0.2, -0.15) is 0 Å². The molecule has 0 aliphatic rings. The highest BCUT2D eigenvalue weighted by Crippen LogP contribution is 2.28. The maximum Gasteiger partial charge on any atom is 0.333 e. The smallest absolute Gasteiger partial charge is 0.333 e. The molecule has 20 heavy (non-hydrogen) atoms. The molecular weight excluding hydrogens is 386 g/mol. The maximum absolute atomic E-state index is 12.0. The minimum Gasteiger partial charge on any atom is -0.467 e. The second kappa shape index (κ2) is 6.90. The quantitative estimate of drug-likeness (QED) is 0.768. The summed E-state index contributed by atoms with van der Waals surface area (Å²) < 4.78 is 6.69. The zero-order chi connectivity index (χ0) is 14.5. The van der Waals surface area contributed by atoms with Crippen molar-refractivity contribution in [3.8, 4) is 0 Å². The summed E-state index contributed by atoms with van der Waals surface area (Å²) in [6.07, 6.45) is 0. The van der Waals surface area contributed by atoms with E-state index in [0.717, 1.165) is 20.2 Å². The van der Waals surface area contributed by atoms with Crippen molar-refractivity contribution in [2.24, 2.45) is 0 Å². The number of benzene rings is 2. The van der Waals surface area contributed by atoms with Gasteiger partial charge in [-0.3, -0.25) is 0 Å². The van der Waals surface area contributed by atoms with E-state index in [1.54, 1.807) is 0 Å². The van der Waals surface area contributed by atoms with Crippen LogP contribution < -0.4 is 5.32 Å². The Morgan fingerprint density at radius 1 is 1.15 bits per heavy atom. The second-order valence-electron chi connectivity index (χ2n) is 4.13. The van der Waals surface area contributed by atoms with E-state index < -0.39 is 6.04 Å². The Bertz CT molecular complexity index is 616. The summed E-state index contributed by atoms with van der Waals surface area (Å²) in [6.45, 7) is 0. The number of methoxy groups -OCH3 is 1. The van der Waals surface area contributed by atoms with Gasteiger partial charge in [0.25, 0.3) is 0 Å². The predicted octanol–water partition coefficient (Wildman–Crippen LogP) is 4.54. The molecule has 0 saturated heterocycles. The van der Waals surface area contributed by atoms with Crippen LogP contribution in [0.15, 0.2) is 57.5 Å². The number of nitrogens with one attached hydrogen (secondary N) is 1. The Kier molecular flexibility index (Phi) is 5.20. The fourth-order valence-corrected chi connectivity index (χ4v) is 2.75. The minimum atomic E-state index is -0.565. The van der Waals surface area contributed by atoms with Crippen molar-refractivity contribution in [2.75, 3.05) is 12.4 Å². The number of rotatable bonds is 4. The van der Waals surface area contributed by atoms with E-state index in [1.165, 1.54) is 7.11 Å². The molecule has 0 radical (unpaired) electrons. The standard InChI is InChI=1S/C15H13Br2NO2/c1-20-15(19)14(12-7-2-3-8-13(12)17)18-11-6-4-5-10(16)9-11/h2-9,14,18H,1H3. The number of halogens is 2. The summed E-state index contributed by atoms with van der Waals surface area (Å²) in [4.78, 5) is 12.0. The van der Waals surface area contributed by atoms with Crippen LogP contribution in [0.3, 0.4) is 0 Å². The van der Waals surface area contributed by atoms with Crippen molar-refractivity contribution in [1.82, 2.24) is 0 Å². The maximum atomic E-state index is 12.0. The van der Waals surface area contributed by atoms with E-state index in [0.29, 0.717) is 0 Å². The van der Waals surface area contributed by atoms with Crippen molar-refractivity contribution in [1.29, 1.82) is 0 Å². The van der Waals surface area contributed by atoms with Crippen LogP contribution in [0, 0.1) is 0 Å². The number of carbonyl (C=O) groups excluding carboxylic acids is 1. The molecule has 0 aliphatic carbocycles. The van der Waals surface area contributed by atoms with E-state index in [4.69, 9.17) is 4.74 Å². The summed E-state index contributed by atoms with van der Waals surface area (Å²) in [5.41, 5.74) is 1.67. The summed E-state index contributed by atoms with van der Waals surface area (Å²) in [5.74, 6) is -0.336. The zero-order valence-corrected chi connectivity index (χ0v) is 13.9. The molecule has 2 aromatic carbocycles. The Labute approximate surface area is 134 Å². The van der Waals surface area contributed by atoms with Gasteiger partial charge in [0, 0.05) is 14.6 Å². The molecule has 2 rings (SSSR count). The van der Waals surface area contributed by atoms with Crippen LogP contribution in [0.1, 0.15) is 11.6 Å². The van der Waals surface area contributed by atoms with Crippen molar-refractivity contribution in [3.63, 3.8) is 0 Å². The first-order valence-electron chi connectivity index (χ1n) is 5.96. The lowest BCUT2D eigenvalue weighted by Gasteiger charge is -2.19. The van der Waals surface area contributed by atoms with Gasteiger partial charge < -0.3 is 10.1 Å². The number of carbonyl (C=O) groups is 1.